The summed E-state index contributed by atoms with van der Waals surface area (Å²) < 4.78 is 6.25. The summed E-state index contributed by atoms with van der Waals surface area (Å²) in [5.74, 6) is 1.80. The van der Waals surface area contributed by atoms with Crippen LogP contribution in [0.3, 0.4) is 0 Å². The largest absolute Gasteiger partial charge is 0.474 e. The van der Waals surface area contributed by atoms with E-state index in [1.54, 1.807) is 6.33 Å². The van der Waals surface area contributed by atoms with Crippen molar-refractivity contribution in [2.45, 2.75) is 58.5 Å². The molecule has 0 aliphatic heterocycles. The lowest BCUT2D eigenvalue weighted by atomic mass is 10.0. The van der Waals surface area contributed by atoms with E-state index in [1.807, 2.05) is 37.5 Å². The summed E-state index contributed by atoms with van der Waals surface area (Å²) in [5, 5.41) is 3.45. The molecule has 0 saturated heterocycles. The Labute approximate surface area is 178 Å². The van der Waals surface area contributed by atoms with Gasteiger partial charge in [0.05, 0.1) is 5.69 Å². The molecule has 1 aliphatic rings. The van der Waals surface area contributed by atoms with Crippen molar-refractivity contribution in [3.8, 4) is 17.1 Å². The molecular weight excluding hydrogens is 374 g/mol. The first kappa shape index (κ1) is 20.3. The highest BCUT2D eigenvalue weighted by Gasteiger charge is 2.21. The molecule has 3 aromatic rings. The first-order chi connectivity index (χ1) is 14.6. The minimum atomic E-state index is 0.230. The van der Waals surface area contributed by atoms with Gasteiger partial charge in [-0.3, -0.25) is 4.98 Å². The minimum Gasteiger partial charge on any atom is -0.474 e. The smallest absolute Gasteiger partial charge is 0.217 e. The van der Waals surface area contributed by atoms with Crippen LogP contribution in [0.1, 0.15) is 55.3 Å². The topological polar surface area (TPSA) is 72.8 Å². The lowest BCUT2D eigenvalue weighted by molar-refractivity contribution is 0.198. The summed E-state index contributed by atoms with van der Waals surface area (Å²) in [7, 11) is 0. The minimum absolute atomic E-state index is 0.230. The maximum absolute atomic E-state index is 6.25. The van der Waals surface area contributed by atoms with E-state index in [4.69, 9.17) is 4.74 Å². The molecule has 1 atom stereocenters. The molecule has 1 fully saturated rings. The highest BCUT2D eigenvalue weighted by molar-refractivity contribution is 5.61. The van der Waals surface area contributed by atoms with Crippen LogP contribution in [-0.4, -0.2) is 32.6 Å². The Balaban J connectivity index is 1.46. The van der Waals surface area contributed by atoms with Crippen molar-refractivity contribution in [1.29, 1.82) is 0 Å². The molecule has 0 bridgehead atoms. The Kier molecular flexibility index (Phi) is 6.21. The van der Waals surface area contributed by atoms with Gasteiger partial charge in [0.15, 0.2) is 0 Å². The number of nitrogens with zero attached hydrogens (tertiary/aromatic N) is 4. The van der Waals surface area contributed by atoms with Crippen molar-refractivity contribution in [3.05, 3.63) is 59.8 Å². The van der Waals surface area contributed by atoms with Crippen LogP contribution in [0, 0.1) is 13.8 Å². The lowest BCUT2D eigenvalue weighted by Gasteiger charge is -2.20. The lowest BCUT2D eigenvalue weighted by Crippen LogP contribution is -2.17. The molecule has 1 saturated carbocycles. The second kappa shape index (κ2) is 9.20. The summed E-state index contributed by atoms with van der Waals surface area (Å²) in [4.78, 5) is 17.7. The van der Waals surface area contributed by atoms with Crippen molar-refractivity contribution in [1.82, 2.24) is 19.9 Å². The van der Waals surface area contributed by atoms with E-state index in [0.717, 1.165) is 59.2 Å². The van der Waals surface area contributed by atoms with Gasteiger partial charge in [-0.2, -0.15) is 0 Å². The third-order valence-electron chi connectivity index (χ3n) is 5.59. The number of hydrogen-bond donors (Lipinski definition) is 1. The molecule has 30 heavy (non-hydrogen) atoms. The molecule has 0 amide bonds. The molecule has 6 nitrogen and oxygen atoms in total. The van der Waals surface area contributed by atoms with Gasteiger partial charge in [-0.15, -0.1) is 0 Å². The summed E-state index contributed by atoms with van der Waals surface area (Å²) in [6, 6.07) is 8.17. The first-order valence-corrected chi connectivity index (χ1v) is 10.7. The summed E-state index contributed by atoms with van der Waals surface area (Å²) in [6.45, 7) is 6.97. The van der Waals surface area contributed by atoms with Crippen LogP contribution in [0.2, 0.25) is 0 Å². The van der Waals surface area contributed by atoms with E-state index >= 15 is 0 Å². The molecule has 1 unspecified atom stereocenters. The predicted octanol–water partition coefficient (Wildman–Crippen LogP) is 5.09. The summed E-state index contributed by atoms with van der Waals surface area (Å²) >= 11 is 0. The Morgan fingerprint density at radius 3 is 2.63 bits per heavy atom. The average molecular weight is 404 g/mol. The molecule has 0 radical (unpaired) electrons. The van der Waals surface area contributed by atoms with Gasteiger partial charge in [0.1, 0.15) is 18.2 Å². The molecule has 0 spiro atoms. The molecule has 0 aromatic carbocycles. The highest BCUT2D eigenvalue weighted by atomic mass is 16.5. The van der Waals surface area contributed by atoms with Gasteiger partial charge in [-0.25, -0.2) is 15.0 Å². The number of rotatable bonds is 7. The fourth-order valence-electron chi connectivity index (χ4n) is 3.79. The first-order valence-electron chi connectivity index (χ1n) is 10.7. The Hall–Kier alpha value is -3.02. The number of anilines is 1. The number of nitrogens with one attached hydrogen (secondary N) is 1. The van der Waals surface area contributed by atoms with Crippen LogP contribution < -0.4 is 10.1 Å². The zero-order valence-electron chi connectivity index (χ0n) is 17.9. The van der Waals surface area contributed by atoms with Gasteiger partial charge in [0.25, 0.3) is 0 Å². The fourth-order valence-corrected chi connectivity index (χ4v) is 3.79. The summed E-state index contributed by atoms with van der Waals surface area (Å²) in [6.07, 6.45) is 10.4. The maximum atomic E-state index is 6.25. The van der Waals surface area contributed by atoms with Gasteiger partial charge in [0, 0.05) is 47.7 Å². The third kappa shape index (κ3) is 4.93. The normalized spacial score (nSPS) is 15.2. The molecule has 3 aromatic heterocycles. The zero-order valence-corrected chi connectivity index (χ0v) is 17.9. The van der Waals surface area contributed by atoms with Gasteiger partial charge in [0.2, 0.25) is 5.88 Å². The molecule has 4 rings (SSSR count). The van der Waals surface area contributed by atoms with Crippen LogP contribution in [0.15, 0.2) is 43.0 Å². The van der Waals surface area contributed by atoms with Crippen molar-refractivity contribution >= 4 is 5.82 Å². The standard InChI is InChI=1S/C24H29N5O/c1-16-10-21(24(27-12-16)30-20-6-4-5-7-20)17(2)13-26-23-11-22(28-15-29-23)19-9-8-18(3)25-14-19/h8-12,14-15,17,20H,4-7,13H2,1-3H3,(H,26,28,29). The van der Waals surface area contributed by atoms with Gasteiger partial charge in [-0.05, 0) is 63.3 Å². The Morgan fingerprint density at radius 1 is 1.03 bits per heavy atom. The highest BCUT2D eigenvalue weighted by Crippen LogP contribution is 2.30. The number of aromatic nitrogens is 4. The molecular formula is C24H29N5O. The van der Waals surface area contributed by atoms with Crippen LogP contribution in [0.5, 0.6) is 5.88 Å². The Morgan fingerprint density at radius 2 is 1.87 bits per heavy atom. The van der Waals surface area contributed by atoms with E-state index in [2.05, 4.69) is 45.2 Å². The number of ether oxygens (including phenoxy) is 1. The number of hydrogen-bond acceptors (Lipinski definition) is 6. The van der Waals surface area contributed by atoms with Gasteiger partial charge in [-0.1, -0.05) is 6.92 Å². The SMILES string of the molecule is Cc1cnc(OC2CCCC2)c(C(C)CNc2cc(-c3ccc(C)nc3)ncn2)c1. The van der Waals surface area contributed by atoms with Crippen molar-refractivity contribution in [2.75, 3.05) is 11.9 Å². The van der Waals surface area contributed by atoms with E-state index in [0.29, 0.717) is 6.10 Å². The third-order valence-corrected chi connectivity index (χ3v) is 5.59. The molecule has 1 N–H and O–H groups in total. The van der Waals surface area contributed by atoms with Crippen LogP contribution in [-0.2, 0) is 0 Å². The van der Waals surface area contributed by atoms with Gasteiger partial charge >= 0.3 is 0 Å². The van der Waals surface area contributed by atoms with Crippen LogP contribution in [0.4, 0.5) is 5.82 Å². The fraction of sp³-hybridized carbons (Fsp3) is 0.417. The molecule has 1 aliphatic carbocycles. The monoisotopic (exact) mass is 403 g/mol. The second-order valence-electron chi connectivity index (χ2n) is 8.19. The van der Waals surface area contributed by atoms with E-state index in [9.17, 15) is 0 Å². The number of pyridine rings is 2. The van der Waals surface area contributed by atoms with Crippen LogP contribution >= 0.6 is 0 Å². The van der Waals surface area contributed by atoms with E-state index in [1.165, 1.54) is 12.8 Å². The van der Waals surface area contributed by atoms with E-state index < -0.39 is 0 Å². The number of aryl methyl sites for hydroxylation is 2. The average Bonchev–Trinajstić information content (AvgIpc) is 3.27. The van der Waals surface area contributed by atoms with E-state index in [-0.39, 0.29) is 5.92 Å². The Bertz CT molecular complexity index is 983. The second-order valence-corrected chi connectivity index (χ2v) is 8.19. The maximum Gasteiger partial charge on any atom is 0.217 e. The van der Waals surface area contributed by atoms with Gasteiger partial charge < -0.3 is 10.1 Å². The quantitative estimate of drug-likeness (QED) is 0.592. The molecule has 6 heteroatoms. The predicted molar refractivity (Wildman–Crippen MR) is 119 cm³/mol. The molecule has 3 heterocycles. The molecule has 156 valence electrons. The zero-order chi connectivity index (χ0) is 20.9. The van der Waals surface area contributed by atoms with Crippen LogP contribution in [0.25, 0.3) is 11.3 Å². The van der Waals surface area contributed by atoms with Crippen molar-refractivity contribution in [2.24, 2.45) is 0 Å². The van der Waals surface area contributed by atoms with Crippen molar-refractivity contribution in [3.63, 3.8) is 0 Å². The summed E-state index contributed by atoms with van der Waals surface area (Å²) in [5.41, 5.74) is 5.12. The van der Waals surface area contributed by atoms with Crippen molar-refractivity contribution < 1.29 is 4.74 Å².